The van der Waals surface area contributed by atoms with Gasteiger partial charge < -0.3 is 10.4 Å². The summed E-state index contributed by atoms with van der Waals surface area (Å²) in [6.45, 7) is 0.638. The maximum atomic E-state index is 10.9. The van der Waals surface area contributed by atoms with Gasteiger partial charge in [-0.15, -0.1) is 11.3 Å². The predicted molar refractivity (Wildman–Crippen MR) is 65.5 cm³/mol. The molecule has 0 spiro atoms. The number of rotatable bonds is 5. The molecule has 88 valence electrons. The molecule has 0 fully saturated rings. The zero-order valence-corrected chi connectivity index (χ0v) is 9.78. The van der Waals surface area contributed by atoms with E-state index < -0.39 is 5.97 Å². The number of thiazole rings is 1. The van der Waals surface area contributed by atoms with Crippen LogP contribution < -0.4 is 5.32 Å². The van der Waals surface area contributed by atoms with Crippen LogP contribution in [0.4, 0.5) is 5.69 Å². The minimum atomic E-state index is -0.954. The lowest BCUT2D eigenvalue weighted by Crippen LogP contribution is -2.09. The second kappa shape index (κ2) is 5.40. The molecular weight excluding hydrogens is 238 g/mol. The van der Waals surface area contributed by atoms with Crippen LogP contribution in [0.1, 0.15) is 15.4 Å². The predicted octanol–water partition coefficient (Wildman–Crippen LogP) is 1.89. The third kappa shape index (κ3) is 3.01. The summed E-state index contributed by atoms with van der Waals surface area (Å²) in [5.41, 5.74) is 0.774. The highest BCUT2D eigenvalue weighted by Gasteiger charge is 2.08. The number of hydrogen-bond donors (Lipinski definition) is 2. The average Bonchev–Trinajstić information content (AvgIpc) is 2.82. The van der Waals surface area contributed by atoms with Crippen LogP contribution in [0, 0.1) is 0 Å². The number of hydrogen-bond acceptors (Lipinski definition) is 5. The Labute approximate surface area is 102 Å². The molecule has 0 aliphatic carbocycles. The molecule has 0 unspecified atom stereocenters. The van der Waals surface area contributed by atoms with Crippen LogP contribution in [0.25, 0.3) is 0 Å². The first kappa shape index (κ1) is 11.5. The third-order valence-corrected chi connectivity index (χ3v) is 3.03. The van der Waals surface area contributed by atoms with Gasteiger partial charge in [0.05, 0.1) is 22.5 Å². The molecule has 17 heavy (non-hydrogen) atoms. The van der Waals surface area contributed by atoms with Crippen molar-refractivity contribution in [3.63, 3.8) is 0 Å². The summed E-state index contributed by atoms with van der Waals surface area (Å²) in [5.74, 6) is -0.954. The van der Waals surface area contributed by atoms with E-state index in [1.807, 2.05) is 5.38 Å². The molecule has 0 atom stereocenters. The number of nitrogens with zero attached hydrogens (tertiary/aromatic N) is 2. The van der Waals surface area contributed by atoms with Crippen molar-refractivity contribution in [2.45, 2.75) is 6.42 Å². The van der Waals surface area contributed by atoms with E-state index in [1.165, 1.54) is 18.5 Å². The first-order chi connectivity index (χ1) is 8.27. The Kier molecular flexibility index (Phi) is 3.66. The fraction of sp³-hybridized carbons (Fsp3) is 0.182. The first-order valence-corrected chi connectivity index (χ1v) is 5.95. The lowest BCUT2D eigenvalue weighted by atomic mass is 10.2. The Balaban J connectivity index is 1.97. The second-order valence-corrected chi connectivity index (χ2v) is 4.31. The summed E-state index contributed by atoms with van der Waals surface area (Å²) < 4.78 is 0. The lowest BCUT2D eigenvalue weighted by Gasteiger charge is -2.07. The number of aromatic nitrogens is 2. The van der Waals surface area contributed by atoms with E-state index >= 15 is 0 Å². The molecule has 2 N–H and O–H groups in total. The Morgan fingerprint density at radius 3 is 3.06 bits per heavy atom. The van der Waals surface area contributed by atoms with Gasteiger partial charge in [-0.1, -0.05) is 0 Å². The standard InChI is InChI=1S/C11H11N3O2S/c15-11(16)8-1-3-12-7-9(8)13-4-2-10-14-5-6-17-10/h1,3,5-7,13H,2,4H2,(H,15,16). The van der Waals surface area contributed by atoms with Crippen molar-refractivity contribution in [2.24, 2.45) is 0 Å². The molecule has 2 heterocycles. The van der Waals surface area contributed by atoms with Crippen LogP contribution in [-0.4, -0.2) is 27.6 Å². The maximum Gasteiger partial charge on any atom is 0.337 e. The Hall–Kier alpha value is -1.95. The van der Waals surface area contributed by atoms with E-state index in [1.54, 1.807) is 17.5 Å². The molecule has 0 aromatic carbocycles. The van der Waals surface area contributed by atoms with Crippen LogP contribution in [0.2, 0.25) is 0 Å². The van der Waals surface area contributed by atoms with Gasteiger partial charge in [-0.2, -0.15) is 0 Å². The Morgan fingerprint density at radius 1 is 1.47 bits per heavy atom. The quantitative estimate of drug-likeness (QED) is 0.846. The molecule has 2 aromatic heterocycles. The first-order valence-electron chi connectivity index (χ1n) is 5.07. The number of carboxylic acids is 1. The molecule has 6 heteroatoms. The van der Waals surface area contributed by atoms with E-state index in [-0.39, 0.29) is 5.56 Å². The monoisotopic (exact) mass is 249 g/mol. The summed E-state index contributed by atoms with van der Waals surface area (Å²) in [4.78, 5) is 19.0. The molecule has 0 aliphatic rings. The van der Waals surface area contributed by atoms with Crippen LogP contribution in [0.3, 0.4) is 0 Å². The molecular formula is C11H11N3O2S. The van der Waals surface area contributed by atoms with Gasteiger partial charge in [-0.25, -0.2) is 9.78 Å². The van der Waals surface area contributed by atoms with Crippen LogP contribution >= 0.6 is 11.3 Å². The summed E-state index contributed by atoms with van der Waals surface area (Å²) in [6, 6.07) is 1.48. The summed E-state index contributed by atoms with van der Waals surface area (Å²) in [6.07, 6.45) is 5.51. The van der Waals surface area contributed by atoms with Gasteiger partial charge in [-0.05, 0) is 6.07 Å². The molecule has 0 aliphatic heterocycles. The van der Waals surface area contributed by atoms with Crippen molar-refractivity contribution < 1.29 is 9.90 Å². The zero-order valence-electron chi connectivity index (χ0n) is 8.96. The normalized spacial score (nSPS) is 10.1. The summed E-state index contributed by atoms with van der Waals surface area (Å²) >= 11 is 1.59. The molecule has 0 amide bonds. The minimum Gasteiger partial charge on any atom is -0.478 e. The van der Waals surface area contributed by atoms with Crippen LogP contribution in [0.15, 0.2) is 30.0 Å². The van der Waals surface area contributed by atoms with Crippen LogP contribution in [-0.2, 0) is 6.42 Å². The van der Waals surface area contributed by atoms with Crippen molar-refractivity contribution in [3.8, 4) is 0 Å². The van der Waals surface area contributed by atoms with Crippen molar-refractivity contribution in [1.29, 1.82) is 0 Å². The summed E-state index contributed by atoms with van der Waals surface area (Å²) in [5, 5.41) is 15.0. The molecule has 0 bridgehead atoms. The summed E-state index contributed by atoms with van der Waals surface area (Å²) in [7, 11) is 0. The largest absolute Gasteiger partial charge is 0.478 e. The second-order valence-electron chi connectivity index (χ2n) is 3.33. The van der Waals surface area contributed by atoms with Gasteiger partial charge in [0.1, 0.15) is 0 Å². The van der Waals surface area contributed by atoms with E-state index in [0.29, 0.717) is 12.2 Å². The highest BCUT2D eigenvalue weighted by molar-refractivity contribution is 7.09. The number of aromatic carboxylic acids is 1. The fourth-order valence-corrected chi connectivity index (χ4v) is 2.02. The molecule has 0 saturated carbocycles. The maximum absolute atomic E-state index is 10.9. The van der Waals surface area contributed by atoms with Crippen molar-refractivity contribution >= 4 is 23.0 Å². The van der Waals surface area contributed by atoms with Crippen LogP contribution in [0.5, 0.6) is 0 Å². The van der Waals surface area contributed by atoms with Crippen molar-refractivity contribution in [1.82, 2.24) is 9.97 Å². The van der Waals surface area contributed by atoms with E-state index in [4.69, 9.17) is 5.11 Å². The Morgan fingerprint density at radius 2 is 2.35 bits per heavy atom. The number of anilines is 1. The fourth-order valence-electron chi connectivity index (χ4n) is 1.40. The highest BCUT2D eigenvalue weighted by atomic mass is 32.1. The number of nitrogens with one attached hydrogen (secondary N) is 1. The zero-order chi connectivity index (χ0) is 12.1. The smallest absolute Gasteiger partial charge is 0.337 e. The highest BCUT2D eigenvalue weighted by Crippen LogP contribution is 2.13. The minimum absolute atomic E-state index is 0.235. The number of pyridine rings is 1. The number of carbonyl (C=O) groups is 1. The molecule has 2 aromatic rings. The Bertz CT molecular complexity index is 499. The van der Waals surface area contributed by atoms with E-state index in [0.717, 1.165) is 11.4 Å². The van der Waals surface area contributed by atoms with Gasteiger partial charge in [0.15, 0.2) is 0 Å². The average molecular weight is 249 g/mol. The topological polar surface area (TPSA) is 75.1 Å². The molecule has 0 saturated heterocycles. The van der Waals surface area contributed by atoms with Gasteiger partial charge in [-0.3, -0.25) is 4.98 Å². The lowest BCUT2D eigenvalue weighted by molar-refractivity contribution is 0.0698. The molecule has 2 rings (SSSR count). The molecule has 0 radical (unpaired) electrons. The van der Waals surface area contributed by atoms with Gasteiger partial charge >= 0.3 is 5.97 Å². The van der Waals surface area contributed by atoms with Gasteiger partial charge in [0.2, 0.25) is 0 Å². The van der Waals surface area contributed by atoms with E-state index in [2.05, 4.69) is 15.3 Å². The van der Waals surface area contributed by atoms with E-state index in [9.17, 15) is 4.79 Å². The SMILES string of the molecule is O=C(O)c1ccncc1NCCc1nccs1. The van der Waals surface area contributed by atoms with Gasteiger partial charge in [0.25, 0.3) is 0 Å². The van der Waals surface area contributed by atoms with Crippen molar-refractivity contribution in [3.05, 3.63) is 40.6 Å². The third-order valence-electron chi connectivity index (χ3n) is 2.19. The number of carboxylic acid groups (broad SMARTS) is 1. The van der Waals surface area contributed by atoms with Gasteiger partial charge in [0, 0.05) is 30.7 Å². The van der Waals surface area contributed by atoms with Crippen molar-refractivity contribution in [2.75, 3.05) is 11.9 Å². The molecule has 5 nitrogen and oxygen atoms in total.